The van der Waals surface area contributed by atoms with Crippen LogP contribution in [-0.4, -0.2) is 47.1 Å². The third-order valence-corrected chi connectivity index (χ3v) is 4.69. The average Bonchev–Trinajstić information content (AvgIpc) is 2.82. The molecule has 2 N–H and O–H groups in total. The molecule has 0 saturated carbocycles. The Morgan fingerprint density at radius 1 is 0.939 bits per heavy atom. The van der Waals surface area contributed by atoms with E-state index in [1.165, 1.54) is 0 Å². The van der Waals surface area contributed by atoms with Gasteiger partial charge in [0, 0.05) is 17.7 Å². The summed E-state index contributed by atoms with van der Waals surface area (Å²) in [6, 6.07) is 13.3. The molecule has 172 valence electrons. The highest BCUT2D eigenvalue weighted by Crippen LogP contribution is 2.18. The van der Waals surface area contributed by atoms with Crippen molar-refractivity contribution in [3.8, 4) is 0 Å². The van der Waals surface area contributed by atoms with Crippen LogP contribution in [0.1, 0.15) is 37.0 Å². The molecule has 0 bridgehead atoms. The lowest BCUT2D eigenvalue weighted by atomic mass is 10.1. The molecule has 0 saturated heterocycles. The zero-order valence-electron chi connectivity index (χ0n) is 18.5. The van der Waals surface area contributed by atoms with Crippen molar-refractivity contribution in [2.24, 2.45) is 0 Å². The van der Waals surface area contributed by atoms with Crippen LogP contribution < -0.4 is 10.6 Å². The minimum atomic E-state index is -0.951. The minimum Gasteiger partial charge on any atom is -0.466 e. The lowest BCUT2D eigenvalue weighted by Gasteiger charge is -2.17. The summed E-state index contributed by atoms with van der Waals surface area (Å²) in [6.45, 7) is 3.80. The molecule has 0 spiro atoms. The summed E-state index contributed by atoms with van der Waals surface area (Å²) in [6.07, 6.45) is 1.72. The summed E-state index contributed by atoms with van der Waals surface area (Å²) in [5.41, 5.74) is 2.65. The third kappa shape index (κ3) is 6.73. The van der Waals surface area contributed by atoms with Crippen LogP contribution in [0.4, 0.5) is 11.5 Å². The van der Waals surface area contributed by atoms with Crippen molar-refractivity contribution in [3.63, 3.8) is 0 Å². The first-order valence-electron chi connectivity index (χ1n) is 10.7. The average molecular weight is 450 g/mol. The second-order valence-corrected chi connectivity index (χ2v) is 7.07. The lowest BCUT2D eigenvalue weighted by Crippen LogP contribution is -2.42. The maximum Gasteiger partial charge on any atom is 0.328 e. The van der Waals surface area contributed by atoms with Crippen molar-refractivity contribution in [2.75, 3.05) is 18.5 Å². The topological polar surface area (TPSA) is 120 Å². The van der Waals surface area contributed by atoms with Gasteiger partial charge in [0.1, 0.15) is 11.9 Å². The van der Waals surface area contributed by atoms with Crippen molar-refractivity contribution in [2.45, 2.75) is 32.7 Å². The van der Waals surface area contributed by atoms with E-state index in [0.717, 1.165) is 16.7 Å². The SMILES string of the molecule is CCOC(=O)CCC(NC(=O)c1ccc(Nc2cnc3ccccc3n2)cc1)C(=O)OCC. The van der Waals surface area contributed by atoms with Crippen LogP contribution in [0.5, 0.6) is 0 Å². The number of amides is 1. The number of para-hydroxylation sites is 2. The number of nitrogens with one attached hydrogen (secondary N) is 2. The Morgan fingerprint density at radius 3 is 2.33 bits per heavy atom. The standard InChI is InChI=1S/C24H26N4O5/c1-3-32-22(29)14-13-20(24(31)33-4-2)28-23(30)16-9-11-17(12-10-16)26-21-15-25-18-7-5-6-8-19(18)27-21/h5-12,15,20H,3-4,13-14H2,1-2H3,(H,26,27)(H,28,30). The van der Waals surface area contributed by atoms with E-state index in [2.05, 4.69) is 20.6 Å². The van der Waals surface area contributed by atoms with Gasteiger partial charge in [-0.25, -0.2) is 9.78 Å². The fraction of sp³-hybridized carbons (Fsp3) is 0.292. The summed E-state index contributed by atoms with van der Waals surface area (Å²) in [5, 5.41) is 5.79. The number of benzene rings is 2. The summed E-state index contributed by atoms with van der Waals surface area (Å²) in [4.78, 5) is 45.4. The molecular formula is C24H26N4O5. The number of anilines is 2. The monoisotopic (exact) mass is 450 g/mol. The van der Waals surface area contributed by atoms with E-state index in [4.69, 9.17) is 9.47 Å². The van der Waals surface area contributed by atoms with Gasteiger partial charge in [0.05, 0.1) is 30.4 Å². The number of hydrogen-bond donors (Lipinski definition) is 2. The Hall–Kier alpha value is -4.01. The summed E-state index contributed by atoms with van der Waals surface area (Å²) >= 11 is 0. The van der Waals surface area contributed by atoms with Crippen molar-refractivity contribution in [1.29, 1.82) is 0 Å². The molecule has 9 nitrogen and oxygen atoms in total. The van der Waals surface area contributed by atoms with Crippen LogP contribution in [0, 0.1) is 0 Å². The van der Waals surface area contributed by atoms with Crippen LogP contribution in [0.3, 0.4) is 0 Å². The number of nitrogens with zero attached hydrogens (tertiary/aromatic N) is 2. The van der Waals surface area contributed by atoms with Gasteiger partial charge in [0.2, 0.25) is 0 Å². The van der Waals surface area contributed by atoms with Gasteiger partial charge in [-0.15, -0.1) is 0 Å². The van der Waals surface area contributed by atoms with E-state index in [1.807, 2.05) is 24.3 Å². The van der Waals surface area contributed by atoms with Crippen molar-refractivity contribution in [3.05, 3.63) is 60.3 Å². The van der Waals surface area contributed by atoms with Gasteiger partial charge in [-0.3, -0.25) is 14.6 Å². The predicted molar refractivity (Wildman–Crippen MR) is 123 cm³/mol. The van der Waals surface area contributed by atoms with Crippen molar-refractivity contribution in [1.82, 2.24) is 15.3 Å². The van der Waals surface area contributed by atoms with E-state index in [1.54, 1.807) is 44.3 Å². The Labute approximate surface area is 191 Å². The molecule has 0 radical (unpaired) electrons. The molecule has 3 rings (SSSR count). The molecule has 0 fully saturated rings. The first-order chi connectivity index (χ1) is 16.0. The number of carbonyl (C=O) groups excluding carboxylic acids is 3. The Morgan fingerprint density at radius 2 is 1.64 bits per heavy atom. The second kappa shape index (κ2) is 11.6. The zero-order chi connectivity index (χ0) is 23.6. The Bertz CT molecular complexity index is 1120. The first kappa shape index (κ1) is 23.6. The third-order valence-electron chi connectivity index (χ3n) is 4.69. The fourth-order valence-corrected chi connectivity index (χ4v) is 3.10. The van der Waals surface area contributed by atoms with Gasteiger partial charge in [-0.1, -0.05) is 12.1 Å². The van der Waals surface area contributed by atoms with Crippen LogP contribution in [-0.2, 0) is 19.1 Å². The Balaban J connectivity index is 1.64. The van der Waals surface area contributed by atoms with Gasteiger partial charge in [-0.05, 0) is 56.7 Å². The molecular weight excluding hydrogens is 424 g/mol. The van der Waals surface area contributed by atoms with E-state index in [-0.39, 0.29) is 26.1 Å². The fourth-order valence-electron chi connectivity index (χ4n) is 3.10. The van der Waals surface area contributed by atoms with Crippen LogP contribution in [0.25, 0.3) is 11.0 Å². The van der Waals surface area contributed by atoms with E-state index >= 15 is 0 Å². The van der Waals surface area contributed by atoms with E-state index in [0.29, 0.717) is 11.4 Å². The number of ether oxygens (including phenoxy) is 2. The molecule has 1 atom stereocenters. The predicted octanol–water partition coefficient (Wildman–Crippen LogP) is 3.38. The number of rotatable bonds is 10. The Kier molecular flexibility index (Phi) is 8.29. The molecule has 1 unspecified atom stereocenters. The maximum absolute atomic E-state index is 12.7. The molecule has 1 amide bonds. The van der Waals surface area contributed by atoms with Gasteiger partial charge >= 0.3 is 11.9 Å². The minimum absolute atomic E-state index is 0.00669. The summed E-state index contributed by atoms with van der Waals surface area (Å²) in [5.74, 6) is -0.905. The molecule has 3 aromatic rings. The van der Waals surface area contributed by atoms with Crippen LogP contribution in [0.15, 0.2) is 54.7 Å². The molecule has 2 aromatic carbocycles. The lowest BCUT2D eigenvalue weighted by molar-refractivity contribution is -0.146. The van der Waals surface area contributed by atoms with Gasteiger partial charge < -0.3 is 20.1 Å². The largest absolute Gasteiger partial charge is 0.466 e. The normalized spacial score (nSPS) is 11.5. The van der Waals surface area contributed by atoms with Crippen LogP contribution >= 0.6 is 0 Å². The number of hydrogen-bond acceptors (Lipinski definition) is 8. The number of aromatic nitrogens is 2. The molecule has 9 heteroatoms. The zero-order valence-corrected chi connectivity index (χ0v) is 18.5. The maximum atomic E-state index is 12.7. The molecule has 1 aromatic heterocycles. The van der Waals surface area contributed by atoms with Crippen molar-refractivity contribution >= 4 is 40.4 Å². The molecule has 0 aliphatic rings. The van der Waals surface area contributed by atoms with Crippen molar-refractivity contribution < 1.29 is 23.9 Å². The van der Waals surface area contributed by atoms with E-state index < -0.39 is 23.9 Å². The molecule has 33 heavy (non-hydrogen) atoms. The second-order valence-electron chi connectivity index (χ2n) is 7.07. The highest BCUT2D eigenvalue weighted by atomic mass is 16.5. The van der Waals surface area contributed by atoms with Gasteiger partial charge in [-0.2, -0.15) is 0 Å². The molecule has 1 heterocycles. The molecule has 0 aliphatic heterocycles. The number of fused-ring (bicyclic) bond motifs is 1. The number of esters is 2. The highest BCUT2D eigenvalue weighted by molar-refractivity contribution is 5.97. The summed E-state index contributed by atoms with van der Waals surface area (Å²) in [7, 11) is 0. The van der Waals surface area contributed by atoms with E-state index in [9.17, 15) is 14.4 Å². The first-order valence-corrected chi connectivity index (χ1v) is 10.7. The molecule has 0 aliphatic carbocycles. The number of carbonyl (C=O) groups is 3. The quantitative estimate of drug-likeness (QED) is 0.451. The smallest absolute Gasteiger partial charge is 0.328 e. The van der Waals surface area contributed by atoms with Gasteiger partial charge in [0.15, 0.2) is 0 Å². The highest BCUT2D eigenvalue weighted by Gasteiger charge is 2.24. The van der Waals surface area contributed by atoms with Gasteiger partial charge in [0.25, 0.3) is 5.91 Å². The van der Waals surface area contributed by atoms with Crippen LogP contribution in [0.2, 0.25) is 0 Å². The summed E-state index contributed by atoms with van der Waals surface area (Å²) < 4.78 is 9.91.